The molecule has 0 radical (unpaired) electrons. The van der Waals surface area contributed by atoms with Gasteiger partial charge in [-0.25, -0.2) is 0 Å². The van der Waals surface area contributed by atoms with Gasteiger partial charge in [0.25, 0.3) is 0 Å². The smallest absolute Gasteiger partial charge is 0.419 e. The van der Waals surface area contributed by atoms with Gasteiger partial charge in [-0.3, -0.25) is 0 Å². The van der Waals surface area contributed by atoms with Crippen molar-refractivity contribution in [2.45, 2.75) is 25.1 Å². The van der Waals surface area contributed by atoms with Crippen molar-refractivity contribution < 1.29 is 17.9 Å². The molecular formula is C16H15ClF3N3O. The van der Waals surface area contributed by atoms with Crippen molar-refractivity contribution in [3.05, 3.63) is 47.1 Å². The van der Waals surface area contributed by atoms with E-state index in [1.54, 1.807) is 18.2 Å². The molecule has 3 rings (SSSR count). The second kappa shape index (κ2) is 6.84. The highest BCUT2D eigenvalue weighted by Gasteiger charge is 2.35. The fourth-order valence-electron chi connectivity index (χ4n) is 2.66. The predicted molar refractivity (Wildman–Crippen MR) is 84.3 cm³/mol. The van der Waals surface area contributed by atoms with Crippen molar-refractivity contribution in [2.75, 3.05) is 18.0 Å². The van der Waals surface area contributed by atoms with E-state index in [1.807, 2.05) is 4.90 Å². The molecule has 0 amide bonds. The van der Waals surface area contributed by atoms with Crippen LogP contribution in [-0.2, 0) is 6.18 Å². The van der Waals surface area contributed by atoms with Crippen LogP contribution in [0.3, 0.4) is 0 Å². The van der Waals surface area contributed by atoms with Gasteiger partial charge in [0.2, 0.25) is 0 Å². The SMILES string of the molecule is FC(F)(F)c1ccccc1OC1CCN(c2ccc(Cl)nn2)CC1. The van der Waals surface area contributed by atoms with Gasteiger partial charge in [-0.1, -0.05) is 23.7 Å². The Balaban J connectivity index is 1.63. The Bertz CT molecular complexity index is 686. The zero-order chi connectivity index (χ0) is 17.2. The Morgan fingerprint density at radius 2 is 1.75 bits per heavy atom. The summed E-state index contributed by atoms with van der Waals surface area (Å²) >= 11 is 5.71. The van der Waals surface area contributed by atoms with Crippen molar-refractivity contribution in [1.29, 1.82) is 0 Å². The molecule has 8 heteroatoms. The average Bonchev–Trinajstić information content (AvgIpc) is 2.56. The van der Waals surface area contributed by atoms with E-state index in [0.29, 0.717) is 36.9 Å². The number of benzene rings is 1. The van der Waals surface area contributed by atoms with E-state index in [2.05, 4.69) is 10.2 Å². The van der Waals surface area contributed by atoms with Crippen LogP contribution in [0.5, 0.6) is 5.75 Å². The topological polar surface area (TPSA) is 38.2 Å². The summed E-state index contributed by atoms with van der Waals surface area (Å²) in [5.41, 5.74) is -0.740. The number of halogens is 4. The van der Waals surface area contributed by atoms with E-state index < -0.39 is 11.7 Å². The van der Waals surface area contributed by atoms with E-state index in [-0.39, 0.29) is 11.9 Å². The average molecular weight is 358 g/mol. The highest BCUT2D eigenvalue weighted by atomic mass is 35.5. The van der Waals surface area contributed by atoms with Crippen molar-refractivity contribution in [3.8, 4) is 5.75 Å². The Kier molecular flexibility index (Phi) is 4.80. The molecule has 0 unspecified atom stereocenters. The second-order valence-corrected chi connectivity index (χ2v) is 5.90. The summed E-state index contributed by atoms with van der Waals surface area (Å²) in [6, 6.07) is 8.73. The van der Waals surface area contributed by atoms with Crippen LogP contribution in [0, 0.1) is 0 Å². The maximum Gasteiger partial charge on any atom is 0.419 e. The molecule has 128 valence electrons. The zero-order valence-electron chi connectivity index (χ0n) is 12.6. The Labute approximate surface area is 142 Å². The number of alkyl halides is 3. The lowest BCUT2D eigenvalue weighted by Crippen LogP contribution is -2.39. The molecule has 4 nitrogen and oxygen atoms in total. The molecule has 1 aromatic carbocycles. The molecule has 0 atom stereocenters. The van der Waals surface area contributed by atoms with Crippen LogP contribution in [0.4, 0.5) is 19.0 Å². The third-order valence-corrected chi connectivity index (χ3v) is 4.07. The Hall–Kier alpha value is -2.02. The number of piperidine rings is 1. The van der Waals surface area contributed by atoms with E-state index >= 15 is 0 Å². The molecule has 1 aliphatic heterocycles. The lowest BCUT2D eigenvalue weighted by molar-refractivity contribution is -0.139. The van der Waals surface area contributed by atoms with E-state index in [9.17, 15) is 13.2 Å². The van der Waals surface area contributed by atoms with E-state index in [4.69, 9.17) is 16.3 Å². The Morgan fingerprint density at radius 3 is 2.38 bits per heavy atom. The van der Waals surface area contributed by atoms with Gasteiger partial charge in [0, 0.05) is 25.9 Å². The minimum atomic E-state index is -4.42. The molecule has 0 aliphatic carbocycles. The Morgan fingerprint density at radius 1 is 1.04 bits per heavy atom. The summed E-state index contributed by atoms with van der Waals surface area (Å²) in [6.07, 6.45) is -3.46. The molecule has 1 fully saturated rings. The second-order valence-electron chi connectivity index (χ2n) is 5.51. The predicted octanol–water partition coefficient (Wildman–Crippen LogP) is 4.20. The van der Waals surface area contributed by atoms with Gasteiger partial charge in [0.15, 0.2) is 11.0 Å². The quantitative estimate of drug-likeness (QED) is 0.825. The molecule has 1 saturated heterocycles. The van der Waals surface area contributed by atoms with Gasteiger partial charge in [0.1, 0.15) is 11.9 Å². The third-order valence-electron chi connectivity index (χ3n) is 3.87. The number of nitrogens with zero attached hydrogens (tertiary/aromatic N) is 3. The first-order valence-corrected chi connectivity index (χ1v) is 7.88. The molecule has 2 heterocycles. The van der Waals surface area contributed by atoms with Crippen LogP contribution in [0.25, 0.3) is 0 Å². The van der Waals surface area contributed by atoms with Gasteiger partial charge in [-0.15, -0.1) is 10.2 Å². The summed E-state index contributed by atoms with van der Waals surface area (Å²) in [5, 5.41) is 8.13. The fourth-order valence-corrected chi connectivity index (χ4v) is 2.76. The highest BCUT2D eigenvalue weighted by Crippen LogP contribution is 2.37. The van der Waals surface area contributed by atoms with Gasteiger partial charge >= 0.3 is 6.18 Å². The molecule has 0 N–H and O–H groups in total. The van der Waals surface area contributed by atoms with E-state index in [1.165, 1.54) is 12.1 Å². The van der Waals surface area contributed by atoms with Crippen LogP contribution in [0.2, 0.25) is 5.15 Å². The van der Waals surface area contributed by atoms with Gasteiger partial charge < -0.3 is 9.64 Å². The summed E-state index contributed by atoms with van der Waals surface area (Å²) in [4.78, 5) is 2.01. The van der Waals surface area contributed by atoms with Gasteiger partial charge in [0.05, 0.1) is 5.56 Å². The van der Waals surface area contributed by atoms with Gasteiger partial charge in [-0.05, 0) is 24.3 Å². The normalized spacial score (nSPS) is 16.2. The first-order chi connectivity index (χ1) is 11.4. The van der Waals surface area contributed by atoms with Crippen molar-refractivity contribution in [1.82, 2.24) is 10.2 Å². The molecule has 0 bridgehead atoms. The third kappa shape index (κ3) is 3.90. The standard InChI is InChI=1S/C16H15ClF3N3O/c17-14-5-6-15(22-21-14)23-9-7-11(8-10-23)24-13-4-2-1-3-12(13)16(18,19)20/h1-6,11H,7-10H2. The summed E-state index contributed by atoms with van der Waals surface area (Å²) < 4.78 is 44.6. The van der Waals surface area contributed by atoms with Crippen LogP contribution in [0.1, 0.15) is 18.4 Å². The molecule has 1 aliphatic rings. The van der Waals surface area contributed by atoms with Crippen molar-refractivity contribution >= 4 is 17.4 Å². The van der Waals surface area contributed by atoms with Crippen LogP contribution < -0.4 is 9.64 Å². The maximum absolute atomic E-state index is 13.0. The minimum Gasteiger partial charge on any atom is -0.490 e. The molecule has 2 aromatic rings. The van der Waals surface area contributed by atoms with Crippen LogP contribution in [-0.4, -0.2) is 29.4 Å². The number of rotatable bonds is 3. The molecule has 24 heavy (non-hydrogen) atoms. The number of ether oxygens (including phenoxy) is 1. The highest BCUT2D eigenvalue weighted by molar-refractivity contribution is 6.29. The lowest BCUT2D eigenvalue weighted by atomic mass is 10.1. The number of hydrogen-bond acceptors (Lipinski definition) is 4. The molecule has 1 aromatic heterocycles. The van der Waals surface area contributed by atoms with Gasteiger partial charge in [-0.2, -0.15) is 13.2 Å². The number of anilines is 1. The van der Waals surface area contributed by atoms with Crippen molar-refractivity contribution in [3.63, 3.8) is 0 Å². The zero-order valence-corrected chi connectivity index (χ0v) is 13.4. The number of para-hydroxylation sites is 1. The summed E-state index contributed by atoms with van der Waals surface area (Å²) in [6.45, 7) is 1.27. The molecular weight excluding hydrogens is 343 g/mol. The monoisotopic (exact) mass is 357 g/mol. The number of hydrogen-bond donors (Lipinski definition) is 0. The molecule has 0 saturated carbocycles. The fraction of sp³-hybridized carbons (Fsp3) is 0.375. The summed E-state index contributed by atoms with van der Waals surface area (Å²) in [5.74, 6) is 0.586. The lowest BCUT2D eigenvalue weighted by Gasteiger charge is -2.33. The van der Waals surface area contributed by atoms with Crippen LogP contribution in [0.15, 0.2) is 36.4 Å². The van der Waals surface area contributed by atoms with Crippen LogP contribution >= 0.6 is 11.6 Å². The first kappa shape index (κ1) is 16.8. The largest absolute Gasteiger partial charge is 0.490 e. The van der Waals surface area contributed by atoms with E-state index in [0.717, 1.165) is 6.07 Å². The van der Waals surface area contributed by atoms with Crippen molar-refractivity contribution in [2.24, 2.45) is 0 Å². The number of aromatic nitrogens is 2. The maximum atomic E-state index is 13.0. The first-order valence-electron chi connectivity index (χ1n) is 7.50. The summed E-state index contributed by atoms with van der Waals surface area (Å²) in [7, 11) is 0. The minimum absolute atomic E-state index is 0.116. The molecule has 0 spiro atoms.